The van der Waals surface area contributed by atoms with E-state index in [0.717, 1.165) is 54.3 Å². The SMILES string of the molecule is CCOC(=O)Cn1cc(CCN2CCN(c3cccc(C(F)(F)F)c3)CC2)c2cc(OC)ccc21. The van der Waals surface area contributed by atoms with Gasteiger partial charge in [0.05, 0.1) is 19.3 Å². The number of hydrogen-bond acceptors (Lipinski definition) is 5. The second-order valence-electron chi connectivity index (χ2n) is 8.60. The number of halogens is 3. The maximum atomic E-state index is 13.1. The summed E-state index contributed by atoms with van der Waals surface area (Å²) in [6, 6.07) is 11.3. The van der Waals surface area contributed by atoms with Gasteiger partial charge in [0.15, 0.2) is 0 Å². The van der Waals surface area contributed by atoms with Gasteiger partial charge in [-0.1, -0.05) is 6.07 Å². The summed E-state index contributed by atoms with van der Waals surface area (Å²) in [7, 11) is 1.63. The van der Waals surface area contributed by atoms with Crippen LogP contribution < -0.4 is 9.64 Å². The standard InChI is InChI=1S/C26H30F3N3O3/c1-3-35-25(33)18-32-17-19(23-16-22(34-2)7-8-24(23)32)9-10-30-11-13-31(14-12-30)21-6-4-5-20(15-21)26(27,28)29/h4-8,15-17H,3,9-14,18H2,1-2H3. The van der Waals surface area contributed by atoms with Gasteiger partial charge in [-0.2, -0.15) is 13.2 Å². The molecule has 0 saturated carbocycles. The lowest BCUT2D eigenvalue weighted by Gasteiger charge is -2.36. The van der Waals surface area contributed by atoms with E-state index in [-0.39, 0.29) is 12.5 Å². The summed E-state index contributed by atoms with van der Waals surface area (Å²) in [4.78, 5) is 16.4. The fourth-order valence-corrected chi connectivity index (χ4v) is 4.54. The largest absolute Gasteiger partial charge is 0.497 e. The van der Waals surface area contributed by atoms with E-state index >= 15 is 0 Å². The Hall–Kier alpha value is -3.20. The molecule has 2 aromatic carbocycles. The van der Waals surface area contributed by atoms with Crippen molar-refractivity contribution in [2.24, 2.45) is 0 Å². The van der Waals surface area contributed by atoms with Crippen molar-refractivity contribution < 1.29 is 27.4 Å². The molecule has 0 spiro atoms. The highest BCUT2D eigenvalue weighted by molar-refractivity contribution is 5.86. The maximum Gasteiger partial charge on any atom is 0.416 e. The third-order valence-electron chi connectivity index (χ3n) is 6.38. The molecule has 1 fully saturated rings. The summed E-state index contributed by atoms with van der Waals surface area (Å²) in [5.74, 6) is 0.472. The number of hydrogen-bond donors (Lipinski definition) is 0. The van der Waals surface area contributed by atoms with E-state index in [1.165, 1.54) is 12.1 Å². The van der Waals surface area contributed by atoms with E-state index in [2.05, 4.69) is 4.90 Å². The summed E-state index contributed by atoms with van der Waals surface area (Å²) < 4.78 is 51.6. The van der Waals surface area contributed by atoms with Crippen molar-refractivity contribution in [1.29, 1.82) is 0 Å². The van der Waals surface area contributed by atoms with Crippen LogP contribution in [0.2, 0.25) is 0 Å². The summed E-state index contributed by atoms with van der Waals surface area (Å²) >= 11 is 0. The van der Waals surface area contributed by atoms with Crippen molar-refractivity contribution in [3.63, 3.8) is 0 Å². The zero-order chi connectivity index (χ0) is 25.0. The molecule has 3 aromatic rings. The zero-order valence-corrected chi connectivity index (χ0v) is 20.0. The number of carbonyl (C=O) groups is 1. The van der Waals surface area contributed by atoms with Crippen LogP contribution in [0.15, 0.2) is 48.7 Å². The third-order valence-corrected chi connectivity index (χ3v) is 6.38. The zero-order valence-electron chi connectivity index (χ0n) is 20.0. The van der Waals surface area contributed by atoms with Gasteiger partial charge in [-0.05, 0) is 55.3 Å². The smallest absolute Gasteiger partial charge is 0.416 e. The van der Waals surface area contributed by atoms with Crippen LogP contribution in [0.3, 0.4) is 0 Å². The topological polar surface area (TPSA) is 46.9 Å². The van der Waals surface area contributed by atoms with Crippen molar-refractivity contribution in [3.05, 3.63) is 59.8 Å². The van der Waals surface area contributed by atoms with Gasteiger partial charge in [0.2, 0.25) is 0 Å². The van der Waals surface area contributed by atoms with Gasteiger partial charge in [0.1, 0.15) is 12.3 Å². The number of carbonyl (C=O) groups excluding carboxylic acids is 1. The average molecular weight is 490 g/mol. The molecule has 4 rings (SSSR count). The molecule has 35 heavy (non-hydrogen) atoms. The first-order valence-electron chi connectivity index (χ1n) is 11.7. The second kappa shape index (κ2) is 10.6. The minimum Gasteiger partial charge on any atom is -0.497 e. The van der Waals surface area contributed by atoms with Gasteiger partial charge in [-0.25, -0.2) is 0 Å². The molecule has 0 atom stereocenters. The van der Waals surface area contributed by atoms with Crippen molar-refractivity contribution in [2.45, 2.75) is 26.1 Å². The molecule has 0 unspecified atom stereocenters. The monoisotopic (exact) mass is 489 g/mol. The third kappa shape index (κ3) is 5.90. The number of aromatic nitrogens is 1. The van der Waals surface area contributed by atoms with Crippen LogP contribution in [0, 0.1) is 0 Å². The van der Waals surface area contributed by atoms with Gasteiger partial charge in [0.25, 0.3) is 0 Å². The molecule has 0 N–H and O–H groups in total. The van der Waals surface area contributed by atoms with Crippen LogP contribution in [0.1, 0.15) is 18.1 Å². The number of piperazine rings is 1. The van der Waals surface area contributed by atoms with Gasteiger partial charge in [-0.15, -0.1) is 0 Å². The molecule has 1 aliphatic heterocycles. The Morgan fingerprint density at radius 3 is 2.51 bits per heavy atom. The Labute approximate surface area is 202 Å². The van der Waals surface area contributed by atoms with Crippen molar-refractivity contribution in [3.8, 4) is 5.75 Å². The van der Waals surface area contributed by atoms with Crippen LogP contribution in [-0.4, -0.2) is 61.9 Å². The number of anilines is 1. The fraction of sp³-hybridized carbons (Fsp3) is 0.423. The van der Waals surface area contributed by atoms with Gasteiger partial charge in [-0.3, -0.25) is 9.69 Å². The van der Waals surface area contributed by atoms with E-state index in [9.17, 15) is 18.0 Å². The highest BCUT2D eigenvalue weighted by Crippen LogP contribution is 2.32. The second-order valence-corrected chi connectivity index (χ2v) is 8.60. The molecule has 1 saturated heterocycles. The molecule has 6 nitrogen and oxygen atoms in total. The summed E-state index contributed by atoms with van der Waals surface area (Å²) in [5.41, 5.74) is 2.05. The number of esters is 1. The number of nitrogens with zero attached hydrogens (tertiary/aromatic N) is 3. The van der Waals surface area contributed by atoms with E-state index in [1.807, 2.05) is 33.9 Å². The van der Waals surface area contributed by atoms with E-state index in [1.54, 1.807) is 20.1 Å². The lowest BCUT2D eigenvalue weighted by molar-refractivity contribution is -0.143. The Morgan fingerprint density at radius 2 is 1.83 bits per heavy atom. The van der Waals surface area contributed by atoms with Gasteiger partial charge in [0, 0.05) is 55.5 Å². The molecule has 1 aliphatic rings. The number of methoxy groups -OCH3 is 1. The Bertz CT molecular complexity index is 1170. The van der Waals surface area contributed by atoms with Crippen molar-refractivity contribution in [1.82, 2.24) is 9.47 Å². The predicted molar refractivity (Wildman–Crippen MR) is 129 cm³/mol. The molecular weight excluding hydrogens is 459 g/mol. The van der Waals surface area contributed by atoms with Gasteiger partial charge >= 0.3 is 12.1 Å². The van der Waals surface area contributed by atoms with Crippen molar-refractivity contribution in [2.75, 3.05) is 51.3 Å². The first kappa shape index (κ1) is 24.9. The van der Waals surface area contributed by atoms with Crippen LogP contribution >= 0.6 is 0 Å². The van der Waals surface area contributed by atoms with E-state index in [4.69, 9.17) is 9.47 Å². The quantitative estimate of drug-likeness (QED) is 0.433. The number of benzene rings is 2. The lowest BCUT2D eigenvalue weighted by atomic mass is 10.1. The van der Waals surface area contributed by atoms with E-state index in [0.29, 0.717) is 25.4 Å². The lowest BCUT2D eigenvalue weighted by Crippen LogP contribution is -2.47. The molecule has 0 radical (unpaired) electrons. The maximum absolute atomic E-state index is 13.1. The van der Waals surface area contributed by atoms with Crippen LogP contribution in [0.25, 0.3) is 10.9 Å². The minimum atomic E-state index is -4.34. The normalized spacial score (nSPS) is 14.9. The summed E-state index contributed by atoms with van der Waals surface area (Å²) in [5, 5.41) is 1.04. The first-order chi connectivity index (χ1) is 16.8. The predicted octanol–water partition coefficient (Wildman–Crippen LogP) is 4.60. The van der Waals surface area contributed by atoms with E-state index < -0.39 is 11.7 Å². The molecule has 0 aliphatic carbocycles. The Morgan fingerprint density at radius 1 is 1.06 bits per heavy atom. The number of fused-ring (bicyclic) bond motifs is 1. The minimum absolute atomic E-state index is 0.145. The summed E-state index contributed by atoms with van der Waals surface area (Å²) in [6.45, 7) is 5.94. The number of ether oxygens (including phenoxy) is 2. The Kier molecular flexibility index (Phi) is 7.54. The van der Waals surface area contributed by atoms with Crippen LogP contribution in [0.5, 0.6) is 5.75 Å². The van der Waals surface area contributed by atoms with Crippen LogP contribution in [-0.2, 0) is 28.7 Å². The molecular formula is C26H30F3N3O3. The highest BCUT2D eigenvalue weighted by Gasteiger charge is 2.31. The van der Waals surface area contributed by atoms with Crippen molar-refractivity contribution >= 4 is 22.6 Å². The fourth-order valence-electron chi connectivity index (χ4n) is 4.54. The molecule has 2 heterocycles. The molecule has 188 valence electrons. The Balaban J connectivity index is 1.41. The summed E-state index contributed by atoms with van der Waals surface area (Å²) in [6.07, 6.45) is -1.56. The average Bonchev–Trinajstić information content (AvgIpc) is 3.19. The highest BCUT2D eigenvalue weighted by atomic mass is 19.4. The first-order valence-corrected chi connectivity index (χ1v) is 11.7. The molecule has 0 bridgehead atoms. The van der Waals surface area contributed by atoms with Crippen LogP contribution in [0.4, 0.5) is 18.9 Å². The molecule has 0 amide bonds. The number of rotatable bonds is 8. The van der Waals surface area contributed by atoms with Gasteiger partial charge < -0.3 is 18.9 Å². The number of alkyl halides is 3. The molecule has 9 heteroatoms. The molecule has 1 aromatic heterocycles.